The van der Waals surface area contributed by atoms with Crippen molar-refractivity contribution in [3.05, 3.63) is 53.0 Å². The Morgan fingerprint density at radius 3 is 2.64 bits per heavy atom. The minimum Gasteiger partial charge on any atom is -0.378 e. The number of nitrogens with two attached hydrogens (primary N) is 1. The predicted octanol–water partition coefficient (Wildman–Crippen LogP) is 2.67. The van der Waals surface area contributed by atoms with E-state index in [0.717, 1.165) is 29.3 Å². The molecule has 0 aliphatic heterocycles. The number of benzene rings is 1. The first kappa shape index (κ1) is 18.9. The highest BCUT2D eigenvalue weighted by molar-refractivity contribution is 5.92. The van der Waals surface area contributed by atoms with Gasteiger partial charge in [0.1, 0.15) is 11.6 Å². The molecule has 0 fully saturated rings. The predicted molar refractivity (Wildman–Crippen MR) is 98.6 cm³/mol. The van der Waals surface area contributed by atoms with Crippen LogP contribution in [0, 0.1) is 0 Å². The van der Waals surface area contributed by atoms with E-state index in [2.05, 4.69) is 36.1 Å². The minimum absolute atomic E-state index is 0.143. The number of nitrogens with zero attached hydrogens (tertiary/aromatic N) is 2. The van der Waals surface area contributed by atoms with E-state index < -0.39 is 5.91 Å². The van der Waals surface area contributed by atoms with Crippen molar-refractivity contribution in [1.29, 1.82) is 0 Å². The molecule has 134 valence electrons. The van der Waals surface area contributed by atoms with E-state index in [4.69, 9.17) is 10.5 Å². The lowest BCUT2D eigenvalue weighted by Gasteiger charge is -2.19. The second kappa shape index (κ2) is 8.07. The van der Waals surface area contributed by atoms with Crippen LogP contribution in [-0.2, 0) is 23.2 Å². The third kappa shape index (κ3) is 5.53. The summed E-state index contributed by atoms with van der Waals surface area (Å²) < 4.78 is 5.20. The molecule has 0 unspecified atom stereocenters. The molecule has 6 heteroatoms. The Morgan fingerprint density at radius 1 is 1.24 bits per heavy atom. The summed E-state index contributed by atoms with van der Waals surface area (Å²) in [5.74, 6) is 1.14. The molecule has 0 spiro atoms. The lowest BCUT2D eigenvalue weighted by molar-refractivity contribution is 0.1000. The highest BCUT2D eigenvalue weighted by Gasteiger charge is 2.19. The Kier molecular flexibility index (Phi) is 6.09. The summed E-state index contributed by atoms with van der Waals surface area (Å²) in [6.07, 6.45) is 0.760. The third-order valence-corrected chi connectivity index (χ3v) is 3.67. The lowest BCUT2D eigenvalue weighted by atomic mass is 9.95. The van der Waals surface area contributed by atoms with E-state index in [1.807, 2.05) is 24.3 Å². The van der Waals surface area contributed by atoms with E-state index in [1.165, 1.54) is 0 Å². The number of rotatable bonds is 7. The van der Waals surface area contributed by atoms with Gasteiger partial charge in [-0.2, -0.15) is 0 Å². The van der Waals surface area contributed by atoms with Crippen LogP contribution in [-0.4, -0.2) is 29.5 Å². The van der Waals surface area contributed by atoms with Crippen molar-refractivity contribution in [3.63, 3.8) is 0 Å². The van der Waals surface area contributed by atoms with Gasteiger partial charge >= 0.3 is 0 Å². The first-order valence-corrected chi connectivity index (χ1v) is 8.29. The van der Waals surface area contributed by atoms with Gasteiger partial charge in [-0.15, -0.1) is 0 Å². The highest BCUT2D eigenvalue weighted by atomic mass is 16.5. The molecule has 3 N–H and O–H groups in total. The molecule has 1 aromatic heterocycles. The summed E-state index contributed by atoms with van der Waals surface area (Å²) in [7, 11) is 1.65. The Balaban J connectivity index is 2.08. The molecule has 1 aromatic carbocycles. The molecule has 0 aliphatic rings. The number of anilines is 1. The number of hydrogen-bond donors (Lipinski definition) is 2. The van der Waals surface area contributed by atoms with Crippen LogP contribution in [0.4, 0.5) is 5.82 Å². The topological polar surface area (TPSA) is 90.1 Å². The summed E-state index contributed by atoms with van der Waals surface area (Å²) in [6, 6.07) is 9.26. The van der Waals surface area contributed by atoms with Gasteiger partial charge in [-0.1, -0.05) is 32.9 Å². The summed E-state index contributed by atoms with van der Waals surface area (Å²) in [4.78, 5) is 20.4. The fourth-order valence-electron chi connectivity index (χ4n) is 2.36. The normalized spacial score (nSPS) is 11.4. The van der Waals surface area contributed by atoms with Gasteiger partial charge in [-0.25, -0.2) is 9.97 Å². The number of carbonyl (C=O) groups is 1. The average molecular weight is 342 g/mol. The zero-order valence-corrected chi connectivity index (χ0v) is 15.3. The van der Waals surface area contributed by atoms with Crippen LogP contribution in [0.1, 0.15) is 48.2 Å². The molecule has 6 nitrogen and oxygen atoms in total. The molecular formula is C19H26N4O2. The molecule has 0 radical (unpaired) electrons. The molecule has 2 aromatic rings. The molecule has 25 heavy (non-hydrogen) atoms. The number of primary amides is 1. The van der Waals surface area contributed by atoms with Gasteiger partial charge in [-0.3, -0.25) is 4.79 Å². The average Bonchev–Trinajstić information content (AvgIpc) is 2.54. The van der Waals surface area contributed by atoms with Crippen molar-refractivity contribution in [3.8, 4) is 0 Å². The van der Waals surface area contributed by atoms with Gasteiger partial charge in [0.15, 0.2) is 0 Å². The number of carbonyl (C=O) groups excluding carboxylic acids is 1. The standard InChI is InChI=1S/C19H26N4O2/c1-19(2,3)18-22-15(12-25-4)11-16(23-18)21-9-8-13-6-5-7-14(10-13)17(20)24/h5-7,10-11H,8-9,12H2,1-4H3,(H2,20,24)(H,21,22,23). The van der Waals surface area contributed by atoms with Crippen molar-refractivity contribution in [2.24, 2.45) is 5.73 Å². The molecule has 0 saturated heterocycles. The van der Waals surface area contributed by atoms with Crippen LogP contribution in [0.5, 0.6) is 0 Å². The Hall–Kier alpha value is -2.47. The Morgan fingerprint density at radius 2 is 2.00 bits per heavy atom. The number of methoxy groups -OCH3 is 1. The van der Waals surface area contributed by atoms with E-state index in [-0.39, 0.29) is 5.41 Å². The quantitative estimate of drug-likeness (QED) is 0.807. The van der Waals surface area contributed by atoms with Crippen molar-refractivity contribution >= 4 is 11.7 Å². The zero-order chi connectivity index (χ0) is 18.4. The maximum absolute atomic E-state index is 11.3. The monoisotopic (exact) mass is 342 g/mol. The number of hydrogen-bond acceptors (Lipinski definition) is 5. The fraction of sp³-hybridized carbons (Fsp3) is 0.421. The minimum atomic E-state index is -0.412. The zero-order valence-electron chi connectivity index (χ0n) is 15.3. The van der Waals surface area contributed by atoms with Crippen LogP contribution in [0.3, 0.4) is 0 Å². The van der Waals surface area contributed by atoms with Crippen LogP contribution >= 0.6 is 0 Å². The number of aromatic nitrogens is 2. The van der Waals surface area contributed by atoms with E-state index in [0.29, 0.717) is 18.7 Å². The maximum atomic E-state index is 11.3. The fourth-order valence-corrected chi connectivity index (χ4v) is 2.36. The SMILES string of the molecule is COCc1cc(NCCc2cccc(C(N)=O)c2)nc(C(C)(C)C)n1. The molecule has 1 amide bonds. The van der Waals surface area contributed by atoms with E-state index in [1.54, 1.807) is 13.2 Å². The lowest BCUT2D eigenvalue weighted by Crippen LogP contribution is -2.19. The summed E-state index contributed by atoms with van der Waals surface area (Å²) in [5.41, 5.74) is 7.60. The maximum Gasteiger partial charge on any atom is 0.248 e. The van der Waals surface area contributed by atoms with Gasteiger partial charge in [0, 0.05) is 30.7 Å². The highest BCUT2D eigenvalue weighted by Crippen LogP contribution is 2.21. The van der Waals surface area contributed by atoms with Crippen molar-refractivity contribution in [2.75, 3.05) is 19.0 Å². The van der Waals surface area contributed by atoms with Crippen LogP contribution < -0.4 is 11.1 Å². The first-order chi connectivity index (χ1) is 11.8. The van der Waals surface area contributed by atoms with E-state index in [9.17, 15) is 4.79 Å². The second-order valence-electron chi connectivity index (χ2n) is 6.99. The molecule has 0 aliphatic carbocycles. The number of amides is 1. The first-order valence-electron chi connectivity index (χ1n) is 8.29. The van der Waals surface area contributed by atoms with Gasteiger partial charge in [0.2, 0.25) is 5.91 Å². The molecule has 0 bridgehead atoms. The van der Waals surface area contributed by atoms with Crippen LogP contribution in [0.2, 0.25) is 0 Å². The summed E-state index contributed by atoms with van der Waals surface area (Å²) in [6.45, 7) is 7.38. The van der Waals surface area contributed by atoms with Crippen molar-refractivity contribution in [2.45, 2.75) is 39.2 Å². The molecule has 1 heterocycles. The van der Waals surface area contributed by atoms with Crippen molar-refractivity contribution in [1.82, 2.24) is 9.97 Å². The van der Waals surface area contributed by atoms with Gasteiger partial charge in [-0.05, 0) is 24.1 Å². The second-order valence-corrected chi connectivity index (χ2v) is 6.99. The van der Waals surface area contributed by atoms with E-state index >= 15 is 0 Å². The largest absolute Gasteiger partial charge is 0.378 e. The summed E-state index contributed by atoms with van der Waals surface area (Å²) in [5, 5.41) is 3.33. The Bertz CT molecular complexity index is 738. The molecule has 0 atom stereocenters. The Labute approximate surface area is 148 Å². The number of ether oxygens (including phenoxy) is 1. The smallest absolute Gasteiger partial charge is 0.248 e. The molecule has 2 rings (SSSR count). The van der Waals surface area contributed by atoms with Crippen molar-refractivity contribution < 1.29 is 9.53 Å². The molecule has 0 saturated carbocycles. The molecular weight excluding hydrogens is 316 g/mol. The van der Waals surface area contributed by atoms with Gasteiger partial charge in [0.05, 0.1) is 12.3 Å². The summed E-state index contributed by atoms with van der Waals surface area (Å²) >= 11 is 0. The van der Waals surface area contributed by atoms with Crippen LogP contribution in [0.25, 0.3) is 0 Å². The third-order valence-electron chi connectivity index (χ3n) is 3.67. The number of nitrogens with one attached hydrogen (secondary N) is 1. The van der Waals surface area contributed by atoms with Gasteiger partial charge < -0.3 is 15.8 Å². The van der Waals surface area contributed by atoms with Crippen LogP contribution in [0.15, 0.2) is 30.3 Å². The van der Waals surface area contributed by atoms with Gasteiger partial charge in [0.25, 0.3) is 0 Å².